The first-order valence-corrected chi connectivity index (χ1v) is 7.82. The Morgan fingerprint density at radius 1 is 1.18 bits per heavy atom. The second-order valence-corrected chi connectivity index (χ2v) is 5.76. The highest BCUT2D eigenvalue weighted by atomic mass is 79.9. The Morgan fingerprint density at radius 3 is 2.64 bits per heavy atom. The summed E-state index contributed by atoms with van der Waals surface area (Å²) in [6.07, 6.45) is 0. The molecule has 0 heterocycles. The first-order valence-electron chi connectivity index (χ1n) is 7.03. The van der Waals surface area contributed by atoms with Gasteiger partial charge in [0, 0.05) is 30.4 Å². The lowest BCUT2D eigenvalue weighted by atomic mass is 10.2. The van der Waals surface area contributed by atoms with Gasteiger partial charge in [-0.2, -0.15) is 0 Å². The Hall–Kier alpha value is -1.85. The molecule has 0 aliphatic carbocycles. The van der Waals surface area contributed by atoms with Gasteiger partial charge in [-0.15, -0.1) is 0 Å². The van der Waals surface area contributed by atoms with Crippen LogP contribution in [0.4, 0.5) is 10.5 Å². The average Bonchev–Trinajstić information content (AvgIpc) is 2.52. The monoisotopic (exact) mass is 362 g/mol. The lowest BCUT2D eigenvalue weighted by Gasteiger charge is -2.23. The third-order valence-corrected chi connectivity index (χ3v) is 3.64. The van der Waals surface area contributed by atoms with Crippen LogP contribution in [-0.4, -0.2) is 31.2 Å². The van der Waals surface area contributed by atoms with Crippen molar-refractivity contribution in [3.05, 3.63) is 64.6 Å². The van der Waals surface area contributed by atoms with Crippen molar-refractivity contribution in [1.29, 1.82) is 0 Å². The lowest BCUT2D eigenvalue weighted by Crippen LogP contribution is -2.36. The Morgan fingerprint density at radius 2 is 1.95 bits per heavy atom. The van der Waals surface area contributed by atoms with E-state index in [0.717, 1.165) is 15.7 Å². The number of ether oxygens (including phenoxy) is 1. The number of halogens is 1. The van der Waals surface area contributed by atoms with Crippen LogP contribution < -0.4 is 5.32 Å². The summed E-state index contributed by atoms with van der Waals surface area (Å²) in [5.74, 6) is 0. The predicted molar refractivity (Wildman–Crippen MR) is 91.9 cm³/mol. The molecular formula is C17H19BrN2O2. The van der Waals surface area contributed by atoms with Crippen molar-refractivity contribution in [2.24, 2.45) is 0 Å². The maximum Gasteiger partial charge on any atom is 0.322 e. The number of carbonyl (C=O) groups is 1. The van der Waals surface area contributed by atoms with Gasteiger partial charge in [-0.3, -0.25) is 0 Å². The molecule has 1 N–H and O–H groups in total. The number of anilines is 1. The summed E-state index contributed by atoms with van der Waals surface area (Å²) in [7, 11) is 1.63. The summed E-state index contributed by atoms with van der Waals surface area (Å²) in [5, 5.41) is 2.91. The zero-order valence-corrected chi connectivity index (χ0v) is 14.0. The third kappa shape index (κ3) is 5.16. The van der Waals surface area contributed by atoms with E-state index in [1.54, 1.807) is 12.0 Å². The number of amides is 2. The SMILES string of the molecule is COCCN(Cc1ccccc1)C(=O)Nc1cccc(Br)c1. The Labute approximate surface area is 139 Å². The summed E-state index contributed by atoms with van der Waals surface area (Å²) in [6.45, 7) is 1.58. The zero-order valence-electron chi connectivity index (χ0n) is 12.5. The molecule has 2 aromatic carbocycles. The normalized spacial score (nSPS) is 10.3. The molecule has 0 spiro atoms. The van der Waals surface area contributed by atoms with Crippen molar-refractivity contribution in [3.63, 3.8) is 0 Å². The van der Waals surface area contributed by atoms with Crippen LogP contribution in [0.3, 0.4) is 0 Å². The fraction of sp³-hybridized carbons (Fsp3) is 0.235. The molecule has 2 aromatic rings. The quantitative estimate of drug-likeness (QED) is 0.839. The summed E-state index contributed by atoms with van der Waals surface area (Å²) in [4.78, 5) is 14.2. The van der Waals surface area contributed by atoms with E-state index in [1.165, 1.54) is 0 Å². The van der Waals surface area contributed by atoms with Crippen molar-refractivity contribution in [1.82, 2.24) is 4.90 Å². The topological polar surface area (TPSA) is 41.6 Å². The molecule has 0 fully saturated rings. The van der Waals surface area contributed by atoms with Crippen LogP contribution >= 0.6 is 15.9 Å². The van der Waals surface area contributed by atoms with E-state index in [0.29, 0.717) is 19.7 Å². The van der Waals surface area contributed by atoms with E-state index in [9.17, 15) is 4.79 Å². The van der Waals surface area contributed by atoms with Crippen LogP contribution in [0, 0.1) is 0 Å². The van der Waals surface area contributed by atoms with Gasteiger partial charge in [-0.05, 0) is 23.8 Å². The van der Waals surface area contributed by atoms with E-state index in [2.05, 4.69) is 21.2 Å². The van der Waals surface area contributed by atoms with Gasteiger partial charge in [0.15, 0.2) is 0 Å². The van der Waals surface area contributed by atoms with Crippen LogP contribution in [0.2, 0.25) is 0 Å². The van der Waals surface area contributed by atoms with E-state index >= 15 is 0 Å². The number of urea groups is 1. The first-order chi connectivity index (χ1) is 10.7. The maximum atomic E-state index is 12.5. The first kappa shape index (κ1) is 16.5. The second kappa shape index (κ2) is 8.56. The largest absolute Gasteiger partial charge is 0.383 e. The minimum Gasteiger partial charge on any atom is -0.383 e. The van der Waals surface area contributed by atoms with Gasteiger partial charge >= 0.3 is 6.03 Å². The van der Waals surface area contributed by atoms with Crippen LogP contribution in [0.5, 0.6) is 0 Å². The van der Waals surface area contributed by atoms with Gasteiger partial charge in [0.25, 0.3) is 0 Å². The average molecular weight is 363 g/mol. The Kier molecular flexibility index (Phi) is 6.43. The molecule has 0 atom stereocenters. The van der Waals surface area contributed by atoms with Crippen LogP contribution in [0.25, 0.3) is 0 Å². The molecule has 0 unspecified atom stereocenters. The highest BCUT2D eigenvalue weighted by Crippen LogP contribution is 2.16. The van der Waals surface area contributed by atoms with Crippen molar-refractivity contribution in [2.45, 2.75) is 6.54 Å². The van der Waals surface area contributed by atoms with Gasteiger partial charge in [-0.25, -0.2) is 4.79 Å². The molecule has 22 heavy (non-hydrogen) atoms. The van der Waals surface area contributed by atoms with Crippen molar-refractivity contribution in [2.75, 3.05) is 25.6 Å². The summed E-state index contributed by atoms with van der Waals surface area (Å²) in [5.41, 5.74) is 1.85. The molecule has 0 radical (unpaired) electrons. The Bertz CT molecular complexity index is 605. The van der Waals surface area contributed by atoms with E-state index < -0.39 is 0 Å². The van der Waals surface area contributed by atoms with E-state index in [1.807, 2.05) is 54.6 Å². The standard InChI is InChI=1S/C17H19BrN2O2/c1-22-11-10-20(13-14-6-3-2-4-7-14)17(21)19-16-9-5-8-15(18)12-16/h2-9,12H,10-11,13H2,1H3,(H,19,21). The van der Waals surface area contributed by atoms with E-state index in [-0.39, 0.29) is 6.03 Å². The number of benzene rings is 2. The summed E-state index contributed by atoms with van der Waals surface area (Å²) in [6, 6.07) is 17.3. The molecule has 2 amide bonds. The van der Waals surface area contributed by atoms with Gasteiger partial charge in [-0.1, -0.05) is 52.3 Å². The number of hydrogen-bond acceptors (Lipinski definition) is 2. The molecule has 116 valence electrons. The lowest BCUT2D eigenvalue weighted by molar-refractivity contribution is 0.153. The van der Waals surface area contributed by atoms with Crippen LogP contribution in [0.1, 0.15) is 5.56 Å². The minimum atomic E-state index is -0.140. The molecule has 0 bridgehead atoms. The summed E-state index contributed by atoms with van der Waals surface area (Å²) < 4.78 is 6.03. The third-order valence-electron chi connectivity index (χ3n) is 3.14. The molecular weight excluding hydrogens is 344 g/mol. The van der Waals surface area contributed by atoms with Crippen molar-refractivity contribution < 1.29 is 9.53 Å². The van der Waals surface area contributed by atoms with Gasteiger partial charge in [0.1, 0.15) is 0 Å². The molecule has 4 nitrogen and oxygen atoms in total. The Balaban J connectivity index is 2.05. The van der Waals surface area contributed by atoms with Gasteiger partial charge < -0.3 is 15.0 Å². The minimum absolute atomic E-state index is 0.140. The fourth-order valence-corrected chi connectivity index (χ4v) is 2.43. The number of hydrogen-bond donors (Lipinski definition) is 1. The van der Waals surface area contributed by atoms with Gasteiger partial charge in [0.2, 0.25) is 0 Å². The molecule has 2 rings (SSSR count). The fourth-order valence-electron chi connectivity index (χ4n) is 2.03. The molecule has 0 aliphatic heterocycles. The number of nitrogens with one attached hydrogen (secondary N) is 1. The smallest absolute Gasteiger partial charge is 0.322 e. The zero-order chi connectivity index (χ0) is 15.8. The van der Waals surface area contributed by atoms with Crippen molar-refractivity contribution in [3.8, 4) is 0 Å². The maximum absolute atomic E-state index is 12.5. The number of methoxy groups -OCH3 is 1. The molecule has 0 saturated carbocycles. The van der Waals surface area contributed by atoms with E-state index in [4.69, 9.17) is 4.74 Å². The van der Waals surface area contributed by atoms with Crippen LogP contribution in [-0.2, 0) is 11.3 Å². The van der Waals surface area contributed by atoms with Crippen LogP contribution in [0.15, 0.2) is 59.1 Å². The van der Waals surface area contributed by atoms with Crippen molar-refractivity contribution >= 4 is 27.6 Å². The second-order valence-electron chi connectivity index (χ2n) is 4.84. The molecule has 0 aliphatic rings. The number of rotatable bonds is 6. The highest BCUT2D eigenvalue weighted by Gasteiger charge is 2.14. The predicted octanol–water partition coefficient (Wildman–Crippen LogP) is 4.13. The molecule has 0 aromatic heterocycles. The number of carbonyl (C=O) groups excluding carboxylic acids is 1. The summed E-state index contributed by atoms with van der Waals surface area (Å²) >= 11 is 3.40. The van der Waals surface area contributed by atoms with Gasteiger partial charge in [0.05, 0.1) is 6.61 Å². The highest BCUT2D eigenvalue weighted by molar-refractivity contribution is 9.10. The number of nitrogens with zero attached hydrogens (tertiary/aromatic N) is 1. The molecule has 0 saturated heterocycles. The molecule has 5 heteroatoms.